The van der Waals surface area contributed by atoms with Gasteiger partial charge in [-0.15, -0.1) is 24.0 Å². The molecule has 2 saturated heterocycles. The lowest BCUT2D eigenvalue weighted by Crippen LogP contribution is -2.45. The predicted molar refractivity (Wildman–Crippen MR) is 137 cm³/mol. The highest BCUT2D eigenvalue weighted by Crippen LogP contribution is 2.52. The highest BCUT2D eigenvalue weighted by molar-refractivity contribution is 14.0. The van der Waals surface area contributed by atoms with Crippen molar-refractivity contribution in [2.45, 2.75) is 31.7 Å². The van der Waals surface area contributed by atoms with E-state index in [9.17, 15) is 14.4 Å². The van der Waals surface area contributed by atoms with Crippen LogP contribution >= 0.6 is 24.0 Å². The highest BCUT2D eigenvalue weighted by Gasteiger charge is 2.58. The molecule has 3 fully saturated rings. The number of likely N-dealkylation sites (N-methyl/N-ethyl adjacent to an activating group) is 1. The molecule has 2 bridgehead atoms. The standard InChI is InChI=1S/C23H36N6O3.HI/c1-24-23(25-9-5-12-28-11-4-6-17(28)20(30)27(2)3)26-10-13-29-21(31)18-15-7-8-16(14-15)19(18)22(29)32;/h7-8,15-19H,4-6,9-14H2,1-3H3,(H2,24,25,26);1H. The van der Waals surface area contributed by atoms with E-state index in [2.05, 4.69) is 32.7 Å². The van der Waals surface area contributed by atoms with Crippen molar-refractivity contribution >= 4 is 47.7 Å². The summed E-state index contributed by atoms with van der Waals surface area (Å²) in [6.45, 7) is 3.41. The predicted octanol–water partition coefficient (Wildman–Crippen LogP) is 0.519. The zero-order valence-electron chi connectivity index (χ0n) is 19.8. The lowest BCUT2D eigenvalue weighted by Gasteiger charge is -2.26. The van der Waals surface area contributed by atoms with Gasteiger partial charge in [-0.3, -0.25) is 29.2 Å². The first kappa shape index (κ1) is 25.9. The zero-order valence-corrected chi connectivity index (χ0v) is 22.2. The van der Waals surface area contributed by atoms with Gasteiger partial charge in [0.15, 0.2) is 5.96 Å². The van der Waals surface area contributed by atoms with Gasteiger partial charge >= 0.3 is 0 Å². The molecule has 0 aromatic heterocycles. The molecule has 2 heterocycles. The Bertz CT molecular complexity index is 786. The van der Waals surface area contributed by atoms with Crippen LogP contribution in [0.1, 0.15) is 25.7 Å². The molecule has 4 rings (SSSR count). The topological polar surface area (TPSA) is 97.3 Å². The molecule has 9 nitrogen and oxygen atoms in total. The average Bonchev–Trinajstić information content (AvgIpc) is 3.55. The molecule has 33 heavy (non-hydrogen) atoms. The molecule has 184 valence electrons. The first-order valence-corrected chi connectivity index (χ1v) is 11.9. The molecule has 0 spiro atoms. The fraction of sp³-hybridized carbons (Fsp3) is 0.739. The number of allylic oxidation sites excluding steroid dienone is 2. The van der Waals surface area contributed by atoms with Crippen molar-refractivity contribution in [1.29, 1.82) is 0 Å². The molecule has 3 amide bonds. The summed E-state index contributed by atoms with van der Waals surface area (Å²) in [5, 5.41) is 6.50. The molecule has 2 aliphatic heterocycles. The first-order valence-electron chi connectivity index (χ1n) is 11.9. The van der Waals surface area contributed by atoms with Crippen molar-refractivity contribution in [3.8, 4) is 0 Å². The number of carbonyl (C=O) groups is 3. The molecule has 1 saturated carbocycles. The molecule has 4 aliphatic rings. The summed E-state index contributed by atoms with van der Waals surface area (Å²) in [6.07, 6.45) is 8.09. The lowest BCUT2D eigenvalue weighted by atomic mass is 9.85. The molecule has 10 heteroatoms. The second-order valence-corrected chi connectivity index (χ2v) is 9.53. The van der Waals surface area contributed by atoms with Crippen molar-refractivity contribution in [1.82, 2.24) is 25.3 Å². The summed E-state index contributed by atoms with van der Waals surface area (Å²) >= 11 is 0. The molecule has 5 unspecified atom stereocenters. The number of amides is 3. The number of likely N-dealkylation sites (tertiary alicyclic amines) is 2. The first-order chi connectivity index (χ1) is 15.4. The third kappa shape index (κ3) is 5.21. The van der Waals surface area contributed by atoms with Gasteiger partial charge in [0.25, 0.3) is 0 Å². The number of guanidine groups is 1. The van der Waals surface area contributed by atoms with Crippen molar-refractivity contribution in [2.75, 3.05) is 53.9 Å². The third-order valence-electron chi connectivity index (χ3n) is 7.42. The maximum absolute atomic E-state index is 12.8. The number of nitrogens with one attached hydrogen (secondary N) is 2. The van der Waals surface area contributed by atoms with Crippen LogP contribution < -0.4 is 10.6 Å². The monoisotopic (exact) mass is 572 g/mol. The summed E-state index contributed by atoms with van der Waals surface area (Å²) < 4.78 is 0. The second-order valence-electron chi connectivity index (χ2n) is 9.53. The van der Waals surface area contributed by atoms with Crippen LogP contribution in [0.4, 0.5) is 0 Å². The second kappa shape index (κ2) is 11.2. The number of carbonyl (C=O) groups excluding carboxylic acids is 3. The number of rotatable bonds is 8. The van der Waals surface area contributed by atoms with E-state index < -0.39 is 0 Å². The normalized spacial score (nSPS) is 30.6. The molecule has 2 aliphatic carbocycles. The Hall–Kier alpha value is -1.69. The molecule has 0 radical (unpaired) electrons. The van der Waals surface area contributed by atoms with E-state index >= 15 is 0 Å². The zero-order chi connectivity index (χ0) is 22.8. The van der Waals surface area contributed by atoms with E-state index in [0.29, 0.717) is 19.0 Å². The smallest absolute Gasteiger partial charge is 0.239 e. The summed E-state index contributed by atoms with van der Waals surface area (Å²) in [4.78, 5) is 47.4. The van der Waals surface area contributed by atoms with Gasteiger partial charge < -0.3 is 15.5 Å². The van der Waals surface area contributed by atoms with Crippen LogP contribution in [0, 0.1) is 23.7 Å². The number of fused-ring (bicyclic) bond motifs is 5. The van der Waals surface area contributed by atoms with Crippen LogP contribution in [0.15, 0.2) is 17.1 Å². The molecule has 0 aromatic carbocycles. The van der Waals surface area contributed by atoms with E-state index in [0.717, 1.165) is 45.3 Å². The maximum atomic E-state index is 12.8. The number of hydrogen-bond acceptors (Lipinski definition) is 5. The summed E-state index contributed by atoms with van der Waals surface area (Å²) in [5.41, 5.74) is 0. The van der Waals surface area contributed by atoms with Crippen molar-refractivity contribution in [3.63, 3.8) is 0 Å². The number of halogens is 1. The third-order valence-corrected chi connectivity index (χ3v) is 7.42. The quantitative estimate of drug-likeness (QED) is 0.110. The van der Waals surface area contributed by atoms with Crippen LogP contribution in [-0.4, -0.2) is 98.3 Å². The van der Waals surface area contributed by atoms with Crippen LogP contribution in [0.2, 0.25) is 0 Å². The Morgan fingerprint density at radius 1 is 1.09 bits per heavy atom. The van der Waals surface area contributed by atoms with Gasteiger partial charge in [-0.2, -0.15) is 0 Å². The summed E-state index contributed by atoms with van der Waals surface area (Å²) in [6, 6.07) is 0.00269. The number of hydrogen-bond donors (Lipinski definition) is 2. The van der Waals surface area contributed by atoms with Crippen LogP contribution in [0.3, 0.4) is 0 Å². The maximum Gasteiger partial charge on any atom is 0.239 e. The summed E-state index contributed by atoms with van der Waals surface area (Å²) in [5.74, 6) is 1.06. The van der Waals surface area contributed by atoms with Crippen molar-refractivity contribution in [3.05, 3.63) is 12.2 Å². The van der Waals surface area contributed by atoms with Crippen LogP contribution in [0.5, 0.6) is 0 Å². The summed E-state index contributed by atoms with van der Waals surface area (Å²) in [7, 11) is 5.33. The Morgan fingerprint density at radius 3 is 2.33 bits per heavy atom. The van der Waals surface area contributed by atoms with Gasteiger partial charge in [0.1, 0.15) is 0 Å². The lowest BCUT2D eigenvalue weighted by molar-refractivity contribution is -0.140. The Balaban J connectivity index is 0.00000306. The fourth-order valence-corrected chi connectivity index (χ4v) is 5.85. The highest BCUT2D eigenvalue weighted by atomic mass is 127. The van der Waals surface area contributed by atoms with E-state index in [4.69, 9.17) is 0 Å². The molecular formula is C23H37IN6O3. The van der Waals surface area contributed by atoms with Crippen molar-refractivity contribution in [2.24, 2.45) is 28.7 Å². The van der Waals surface area contributed by atoms with Crippen LogP contribution in [-0.2, 0) is 14.4 Å². The Morgan fingerprint density at radius 2 is 1.73 bits per heavy atom. The van der Waals surface area contributed by atoms with Crippen molar-refractivity contribution < 1.29 is 14.4 Å². The molecule has 0 aromatic rings. The van der Waals surface area contributed by atoms with Gasteiger partial charge in [0.2, 0.25) is 17.7 Å². The van der Waals surface area contributed by atoms with Gasteiger partial charge in [-0.25, -0.2) is 0 Å². The van der Waals surface area contributed by atoms with Gasteiger partial charge in [0, 0.05) is 47.3 Å². The van der Waals surface area contributed by atoms with E-state index in [1.54, 1.807) is 11.9 Å². The minimum absolute atomic E-state index is 0. The van der Waals surface area contributed by atoms with Gasteiger partial charge in [-0.1, -0.05) is 12.2 Å². The molecule has 5 atom stereocenters. The molecule has 2 N–H and O–H groups in total. The molecular weight excluding hydrogens is 535 g/mol. The van der Waals surface area contributed by atoms with Gasteiger partial charge in [-0.05, 0) is 44.1 Å². The minimum atomic E-state index is -0.135. The fourth-order valence-electron chi connectivity index (χ4n) is 5.85. The Labute approximate surface area is 213 Å². The average molecular weight is 572 g/mol. The minimum Gasteiger partial charge on any atom is -0.356 e. The van der Waals surface area contributed by atoms with Gasteiger partial charge in [0.05, 0.1) is 17.9 Å². The number of nitrogens with zero attached hydrogens (tertiary/aromatic N) is 4. The van der Waals surface area contributed by atoms with E-state index in [1.165, 1.54) is 4.90 Å². The number of aliphatic imine (C=N–C) groups is 1. The van der Waals surface area contributed by atoms with E-state index in [-0.39, 0.29) is 71.4 Å². The number of imide groups is 1. The SMILES string of the molecule is CN=C(NCCCN1CCCC1C(=O)N(C)C)NCCN1C(=O)C2C3C=CC(C3)C2C1=O.I. The van der Waals surface area contributed by atoms with Crippen LogP contribution in [0.25, 0.3) is 0 Å². The largest absolute Gasteiger partial charge is 0.356 e. The Kier molecular flexibility index (Phi) is 8.76. The van der Waals surface area contributed by atoms with E-state index in [1.807, 2.05) is 14.1 Å².